The molecule has 0 saturated carbocycles. The summed E-state index contributed by atoms with van der Waals surface area (Å²) in [6.07, 6.45) is 1.81. The number of hydrogen-bond acceptors (Lipinski definition) is 7. The van der Waals surface area contributed by atoms with E-state index in [0.29, 0.717) is 50.6 Å². The fourth-order valence-electron chi connectivity index (χ4n) is 4.70. The summed E-state index contributed by atoms with van der Waals surface area (Å²) < 4.78 is 5.35. The highest BCUT2D eigenvalue weighted by Crippen LogP contribution is 2.30. The number of nitro groups is 1. The van der Waals surface area contributed by atoms with Crippen molar-refractivity contribution in [3.8, 4) is 0 Å². The molecule has 2 aromatic carbocycles. The molecule has 1 aromatic heterocycles. The highest BCUT2D eigenvalue weighted by Gasteiger charge is 2.27. The summed E-state index contributed by atoms with van der Waals surface area (Å²) in [6.45, 7) is 5.69. The maximum Gasteiger partial charge on any atom is 0.293 e. The molecule has 0 unspecified atom stereocenters. The third kappa shape index (κ3) is 4.57. The molecule has 34 heavy (non-hydrogen) atoms. The van der Waals surface area contributed by atoms with E-state index in [1.54, 1.807) is 17.0 Å². The van der Waals surface area contributed by atoms with Crippen molar-refractivity contribution in [3.63, 3.8) is 0 Å². The van der Waals surface area contributed by atoms with E-state index < -0.39 is 4.92 Å². The number of nitrogens with zero attached hydrogens (tertiary/aromatic N) is 5. The van der Waals surface area contributed by atoms with Gasteiger partial charge in [0, 0.05) is 69.0 Å². The van der Waals surface area contributed by atoms with Crippen molar-refractivity contribution in [1.82, 2.24) is 14.8 Å². The van der Waals surface area contributed by atoms with E-state index in [-0.39, 0.29) is 11.6 Å². The molecule has 0 radical (unpaired) electrons. The molecule has 3 aromatic rings. The van der Waals surface area contributed by atoms with Crippen molar-refractivity contribution in [2.45, 2.75) is 6.54 Å². The fraction of sp³-hybridized carbons (Fsp3) is 0.360. The molecule has 0 N–H and O–H groups in total. The molecule has 3 heterocycles. The molecule has 1 amide bonds. The molecular formula is C25H27N5O4. The number of piperazine rings is 1. The lowest BCUT2D eigenvalue weighted by Crippen LogP contribution is -2.48. The molecule has 0 bridgehead atoms. The quantitative estimate of drug-likeness (QED) is 0.426. The van der Waals surface area contributed by atoms with Crippen molar-refractivity contribution in [2.24, 2.45) is 0 Å². The summed E-state index contributed by atoms with van der Waals surface area (Å²) in [7, 11) is 0. The lowest BCUT2D eigenvalue weighted by Gasteiger charge is -2.35. The standard InChI is InChI=1S/C25H27N5O4/c31-25(20-6-7-22(23(17-20)30(32)33)28-13-15-34-16-14-28)29-11-9-27(10-12-29)18-21-4-1-3-19-5-2-8-26-24(19)21/h1-8,17H,9-16,18H2. The van der Waals surface area contributed by atoms with Crippen molar-refractivity contribution >= 4 is 28.2 Å². The topological polar surface area (TPSA) is 92.0 Å². The van der Waals surface area contributed by atoms with Crippen LogP contribution >= 0.6 is 0 Å². The van der Waals surface area contributed by atoms with Crippen molar-refractivity contribution in [2.75, 3.05) is 57.4 Å². The van der Waals surface area contributed by atoms with Crippen LogP contribution < -0.4 is 4.90 Å². The number of ether oxygens (including phenoxy) is 1. The third-order valence-electron chi connectivity index (χ3n) is 6.54. The normalized spacial score (nSPS) is 17.2. The second kappa shape index (κ2) is 9.74. The van der Waals surface area contributed by atoms with Crippen LogP contribution in [-0.4, -0.2) is 78.1 Å². The van der Waals surface area contributed by atoms with E-state index in [1.807, 2.05) is 23.2 Å². The van der Waals surface area contributed by atoms with E-state index in [2.05, 4.69) is 28.1 Å². The van der Waals surface area contributed by atoms with Gasteiger partial charge >= 0.3 is 0 Å². The molecule has 2 aliphatic heterocycles. The summed E-state index contributed by atoms with van der Waals surface area (Å²) in [4.78, 5) is 35.1. The predicted molar refractivity (Wildman–Crippen MR) is 129 cm³/mol. The fourth-order valence-corrected chi connectivity index (χ4v) is 4.70. The van der Waals surface area contributed by atoms with Crippen molar-refractivity contribution in [3.05, 3.63) is 76.0 Å². The number of pyridine rings is 1. The van der Waals surface area contributed by atoms with Gasteiger partial charge in [-0.2, -0.15) is 0 Å². The van der Waals surface area contributed by atoms with Crippen LogP contribution in [0.2, 0.25) is 0 Å². The van der Waals surface area contributed by atoms with E-state index in [1.165, 1.54) is 11.6 Å². The number of nitro benzene ring substituents is 1. The number of aromatic nitrogens is 1. The molecule has 9 nitrogen and oxygen atoms in total. The number of para-hydroxylation sites is 1. The van der Waals surface area contributed by atoms with Gasteiger partial charge in [0.25, 0.3) is 11.6 Å². The summed E-state index contributed by atoms with van der Waals surface area (Å²) in [6, 6.07) is 15.0. The second-order valence-corrected chi connectivity index (χ2v) is 8.62. The summed E-state index contributed by atoms with van der Waals surface area (Å²) >= 11 is 0. The smallest absolute Gasteiger partial charge is 0.293 e. The SMILES string of the molecule is O=C(c1ccc(N2CCOCC2)c([N+](=O)[O-])c1)N1CCN(Cc2cccc3cccnc23)CC1. The molecule has 2 saturated heterocycles. The minimum atomic E-state index is -0.405. The zero-order chi connectivity index (χ0) is 23.5. The Morgan fingerprint density at radius 1 is 1.00 bits per heavy atom. The largest absolute Gasteiger partial charge is 0.378 e. The van der Waals surface area contributed by atoms with Gasteiger partial charge in [-0.15, -0.1) is 0 Å². The first-order valence-corrected chi connectivity index (χ1v) is 11.6. The number of rotatable bonds is 5. The van der Waals surface area contributed by atoms with Gasteiger partial charge in [-0.1, -0.05) is 24.3 Å². The number of amides is 1. The lowest BCUT2D eigenvalue weighted by atomic mass is 10.1. The Morgan fingerprint density at radius 3 is 2.53 bits per heavy atom. The Bertz CT molecular complexity index is 1200. The summed E-state index contributed by atoms with van der Waals surface area (Å²) in [5, 5.41) is 12.9. The molecular weight excluding hydrogens is 434 g/mol. The summed E-state index contributed by atoms with van der Waals surface area (Å²) in [5.41, 5.74) is 3.05. The van der Waals surface area contributed by atoms with Crippen LogP contribution in [0.1, 0.15) is 15.9 Å². The molecule has 0 spiro atoms. The minimum Gasteiger partial charge on any atom is -0.378 e. The number of benzene rings is 2. The van der Waals surface area contributed by atoms with E-state index in [0.717, 1.165) is 30.5 Å². The van der Waals surface area contributed by atoms with Gasteiger partial charge in [-0.05, 0) is 23.8 Å². The maximum atomic E-state index is 13.1. The number of carbonyl (C=O) groups excluding carboxylic acids is 1. The van der Waals surface area contributed by atoms with Crippen LogP contribution in [0.15, 0.2) is 54.7 Å². The molecule has 2 fully saturated rings. The van der Waals surface area contributed by atoms with Gasteiger partial charge in [0.2, 0.25) is 0 Å². The van der Waals surface area contributed by atoms with Gasteiger partial charge in [0.15, 0.2) is 0 Å². The number of carbonyl (C=O) groups is 1. The molecule has 0 atom stereocenters. The van der Waals surface area contributed by atoms with Crippen LogP contribution in [0.5, 0.6) is 0 Å². The van der Waals surface area contributed by atoms with Gasteiger partial charge in [-0.3, -0.25) is 24.8 Å². The Labute approximate surface area is 197 Å². The monoisotopic (exact) mass is 461 g/mol. The molecule has 9 heteroatoms. The van der Waals surface area contributed by atoms with Crippen LogP contribution in [0, 0.1) is 10.1 Å². The Balaban J connectivity index is 1.25. The molecule has 2 aliphatic rings. The highest BCUT2D eigenvalue weighted by molar-refractivity contribution is 5.96. The summed E-state index contributed by atoms with van der Waals surface area (Å²) in [5.74, 6) is -0.164. The van der Waals surface area contributed by atoms with Crippen molar-refractivity contribution in [1.29, 1.82) is 0 Å². The molecule has 5 rings (SSSR count). The van der Waals surface area contributed by atoms with Crippen LogP contribution in [0.3, 0.4) is 0 Å². The van der Waals surface area contributed by atoms with Gasteiger partial charge in [0.1, 0.15) is 5.69 Å². The first-order valence-electron chi connectivity index (χ1n) is 11.6. The van der Waals surface area contributed by atoms with Gasteiger partial charge in [0.05, 0.1) is 23.7 Å². The average molecular weight is 462 g/mol. The van der Waals surface area contributed by atoms with Gasteiger partial charge < -0.3 is 14.5 Å². The number of morpholine rings is 1. The zero-order valence-corrected chi connectivity index (χ0v) is 18.9. The Kier molecular flexibility index (Phi) is 6.37. The Morgan fingerprint density at radius 2 is 1.76 bits per heavy atom. The lowest BCUT2D eigenvalue weighted by molar-refractivity contribution is -0.384. The molecule has 0 aliphatic carbocycles. The Hall–Kier alpha value is -3.56. The third-order valence-corrected chi connectivity index (χ3v) is 6.54. The maximum absolute atomic E-state index is 13.1. The first-order chi connectivity index (χ1) is 16.6. The van der Waals surface area contributed by atoms with E-state index in [4.69, 9.17) is 4.74 Å². The van der Waals surface area contributed by atoms with Crippen LogP contribution in [0.4, 0.5) is 11.4 Å². The number of hydrogen-bond donors (Lipinski definition) is 0. The average Bonchev–Trinajstić information content (AvgIpc) is 2.89. The first kappa shape index (κ1) is 22.2. The zero-order valence-electron chi connectivity index (χ0n) is 18.9. The number of fused-ring (bicyclic) bond motifs is 1. The number of anilines is 1. The molecule has 176 valence electrons. The van der Waals surface area contributed by atoms with Crippen LogP contribution in [-0.2, 0) is 11.3 Å². The minimum absolute atomic E-state index is 0.0326. The van der Waals surface area contributed by atoms with Crippen LogP contribution in [0.25, 0.3) is 10.9 Å². The highest BCUT2D eigenvalue weighted by atomic mass is 16.6. The van der Waals surface area contributed by atoms with Gasteiger partial charge in [-0.25, -0.2) is 0 Å². The predicted octanol–water partition coefficient (Wildman–Crippen LogP) is 2.94. The van der Waals surface area contributed by atoms with E-state index in [9.17, 15) is 14.9 Å². The van der Waals surface area contributed by atoms with Crippen molar-refractivity contribution < 1.29 is 14.5 Å². The second-order valence-electron chi connectivity index (χ2n) is 8.62. The van der Waals surface area contributed by atoms with E-state index >= 15 is 0 Å².